The highest BCUT2D eigenvalue weighted by molar-refractivity contribution is 5.92. The van der Waals surface area contributed by atoms with E-state index in [-0.39, 0.29) is 17.4 Å². The fraction of sp³-hybridized carbons (Fsp3) is 0.444. The van der Waals surface area contributed by atoms with Gasteiger partial charge in [0.05, 0.1) is 12.1 Å². The van der Waals surface area contributed by atoms with E-state index in [1.165, 1.54) is 13.0 Å². The summed E-state index contributed by atoms with van der Waals surface area (Å²) in [4.78, 5) is 23.2. The second kappa shape index (κ2) is 8.61. The van der Waals surface area contributed by atoms with E-state index in [4.69, 9.17) is 9.47 Å². The normalized spacial score (nSPS) is 16.8. The first-order valence-corrected chi connectivity index (χ1v) is 7.98. The smallest absolute Gasteiger partial charge is 0.244 e. The maximum absolute atomic E-state index is 12.2. The van der Waals surface area contributed by atoms with Crippen molar-refractivity contribution in [1.82, 2.24) is 5.32 Å². The van der Waals surface area contributed by atoms with Gasteiger partial charge in [-0.2, -0.15) is 0 Å². The lowest BCUT2D eigenvalue weighted by Gasteiger charge is -2.37. The van der Waals surface area contributed by atoms with E-state index in [2.05, 4.69) is 10.6 Å². The van der Waals surface area contributed by atoms with Crippen molar-refractivity contribution in [3.05, 3.63) is 35.9 Å². The van der Waals surface area contributed by atoms with Gasteiger partial charge in [-0.25, -0.2) is 0 Å². The molecule has 0 bridgehead atoms. The average molecular weight is 332 g/mol. The summed E-state index contributed by atoms with van der Waals surface area (Å²) in [5.74, 6) is -0.266. The molecule has 1 aliphatic rings. The maximum Gasteiger partial charge on any atom is 0.244 e. The fourth-order valence-electron chi connectivity index (χ4n) is 2.70. The van der Waals surface area contributed by atoms with Gasteiger partial charge in [-0.1, -0.05) is 12.1 Å². The van der Waals surface area contributed by atoms with Crippen molar-refractivity contribution in [3.63, 3.8) is 0 Å². The lowest BCUT2D eigenvalue weighted by atomic mass is 9.91. The van der Waals surface area contributed by atoms with Crippen LogP contribution >= 0.6 is 0 Å². The van der Waals surface area contributed by atoms with Crippen LogP contribution in [0.25, 0.3) is 6.08 Å². The van der Waals surface area contributed by atoms with Crippen LogP contribution in [-0.4, -0.2) is 44.3 Å². The highest BCUT2D eigenvalue weighted by atomic mass is 16.5. The maximum atomic E-state index is 12.2. The Morgan fingerprint density at radius 3 is 2.50 bits per heavy atom. The van der Waals surface area contributed by atoms with Crippen LogP contribution in [0.15, 0.2) is 30.3 Å². The topological polar surface area (TPSA) is 76.7 Å². The van der Waals surface area contributed by atoms with E-state index in [0.29, 0.717) is 19.8 Å². The summed E-state index contributed by atoms with van der Waals surface area (Å²) in [5.41, 5.74) is 1.25. The molecule has 6 heteroatoms. The predicted octanol–water partition coefficient (Wildman–Crippen LogP) is 1.97. The molecule has 130 valence electrons. The predicted molar refractivity (Wildman–Crippen MR) is 92.6 cm³/mol. The third kappa shape index (κ3) is 5.47. The Morgan fingerprint density at radius 2 is 1.92 bits per heavy atom. The molecule has 1 aromatic carbocycles. The Bertz CT molecular complexity index is 584. The minimum atomic E-state index is -0.357. The first kappa shape index (κ1) is 18.2. The fourth-order valence-corrected chi connectivity index (χ4v) is 2.70. The number of hydrogen-bond acceptors (Lipinski definition) is 4. The van der Waals surface area contributed by atoms with Crippen molar-refractivity contribution in [2.24, 2.45) is 0 Å². The zero-order valence-electron chi connectivity index (χ0n) is 14.1. The molecular weight excluding hydrogens is 308 g/mol. The number of carbonyl (C=O) groups is 2. The highest BCUT2D eigenvalue weighted by Gasteiger charge is 2.33. The molecule has 0 radical (unpaired) electrons. The summed E-state index contributed by atoms with van der Waals surface area (Å²) in [7, 11) is 1.63. The van der Waals surface area contributed by atoms with Crippen molar-refractivity contribution in [1.29, 1.82) is 0 Å². The van der Waals surface area contributed by atoms with Gasteiger partial charge in [0.25, 0.3) is 0 Å². The third-order valence-electron chi connectivity index (χ3n) is 3.92. The molecule has 1 aromatic rings. The van der Waals surface area contributed by atoms with E-state index in [0.717, 1.165) is 24.1 Å². The van der Waals surface area contributed by atoms with Crippen LogP contribution < -0.4 is 10.6 Å². The summed E-state index contributed by atoms with van der Waals surface area (Å²) in [6.45, 7) is 3.18. The number of nitrogens with one attached hydrogen (secondary N) is 2. The van der Waals surface area contributed by atoms with Crippen LogP contribution in [0, 0.1) is 0 Å². The quantitative estimate of drug-likeness (QED) is 0.781. The number of rotatable bonds is 6. The summed E-state index contributed by atoms with van der Waals surface area (Å²) in [5, 5.41) is 5.76. The standard InChI is InChI=1S/C18H24N2O4/c1-14(21)19-16-6-3-15(4-7-16)5-8-17(22)20-18(13-23-2)9-11-24-12-10-18/h3-8H,9-13H2,1-2H3,(H,19,21)(H,20,22)/b8-5+. The Hall–Kier alpha value is -2.18. The molecule has 24 heavy (non-hydrogen) atoms. The van der Waals surface area contributed by atoms with Gasteiger partial charge in [0.2, 0.25) is 11.8 Å². The molecule has 0 aliphatic carbocycles. The van der Waals surface area contributed by atoms with E-state index < -0.39 is 0 Å². The van der Waals surface area contributed by atoms with Crippen LogP contribution in [0.3, 0.4) is 0 Å². The summed E-state index contributed by atoms with van der Waals surface area (Å²) >= 11 is 0. The van der Waals surface area contributed by atoms with Gasteiger partial charge in [-0.15, -0.1) is 0 Å². The molecule has 2 N–H and O–H groups in total. The van der Waals surface area contributed by atoms with Gasteiger partial charge in [-0.05, 0) is 36.6 Å². The third-order valence-corrected chi connectivity index (χ3v) is 3.92. The second-order valence-corrected chi connectivity index (χ2v) is 5.95. The van der Waals surface area contributed by atoms with Crippen molar-refractivity contribution in [2.75, 3.05) is 32.2 Å². The molecule has 0 saturated carbocycles. The van der Waals surface area contributed by atoms with Crippen molar-refractivity contribution < 1.29 is 19.1 Å². The van der Waals surface area contributed by atoms with Gasteiger partial charge in [0.1, 0.15) is 0 Å². The Morgan fingerprint density at radius 1 is 1.25 bits per heavy atom. The van der Waals surface area contributed by atoms with E-state index in [1.54, 1.807) is 25.3 Å². The average Bonchev–Trinajstić information content (AvgIpc) is 2.55. The van der Waals surface area contributed by atoms with Crippen LogP contribution in [0.5, 0.6) is 0 Å². The minimum Gasteiger partial charge on any atom is -0.382 e. The van der Waals surface area contributed by atoms with E-state index in [1.807, 2.05) is 12.1 Å². The van der Waals surface area contributed by atoms with Crippen LogP contribution in [-0.2, 0) is 19.1 Å². The number of carbonyl (C=O) groups excluding carboxylic acids is 2. The van der Waals surface area contributed by atoms with E-state index in [9.17, 15) is 9.59 Å². The molecule has 1 aliphatic heterocycles. The molecule has 0 aromatic heterocycles. The van der Waals surface area contributed by atoms with Crippen LogP contribution in [0.4, 0.5) is 5.69 Å². The molecule has 2 amide bonds. The number of methoxy groups -OCH3 is 1. The zero-order valence-corrected chi connectivity index (χ0v) is 14.1. The van der Waals surface area contributed by atoms with Crippen molar-refractivity contribution in [3.8, 4) is 0 Å². The number of amides is 2. The van der Waals surface area contributed by atoms with Gasteiger partial charge in [-0.3, -0.25) is 9.59 Å². The summed E-state index contributed by atoms with van der Waals surface area (Å²) in [6, 6.07) is 7.27. The molecule has 1 fully saturated rings. The molecule has 0 atom stereocenters. The van der Waals surface area contributed by atoms with Crippen molar-refractivity contribution in [2.45, 2.75) is 25.3 Å². The minimum absolute atomic E-state index is 0.113. The lowest BCUT2D eigenvalue weighted by molar-refractivity contribution is -0.120. The SMILES string of the molecule is COCC1(NC(=O)/C=C/c2ccc(NC(C)=O)cc2)CCOCC1. The first-order valence-electron chi connectivity index (χ1n) is 7.98. The molecular formula is C18H24N2O4. The van der Waals surface area contributed by atoms with E-state index >= 15 is 0 Å². The Kier molecular flexibility index (Phi) is 6.52. The molecule has 2 rings (SSSR count). The van der Waals surface area contributed by atoms with Crippen molar-refractivity contribution >= 4 is 23.6 Å². The summed E-state index contributed by atoms with van der Waals surface area (Å²) < 4.78 is 10.6. The number of anilines is 1. The second-order valence-electron chi connectivity index (χ2n) is 5.95. The summed E-state index contributed by atoms with van der Waals surface area (Å²) in [6.07, 6.45) is 4.74. The van der Waals surface area contributed by atoms with Crippen LogP contribution in [0.1, 0.15) is 25.3 Å². The Labute approximate surface area is 142 Å². The highest BCUT2D eigenvalue weighted by Crippen LogP contribution is 2.21. The van der Waals surface area contributed by atoms with Gasteiger partial charge in [0, 0.05) is 39.0 Å². The number of ether oxygens (including phenoxy) is 2. The van der Waals surface area contributed by atoms with Gasteiger partial charge < -0.3 is 20.1 Å². The molecule has 0 unspecified atom stereocenters. The Balaban J connectivity index is 1.95. The first-order chi connectivity index (χ1) is 11.5. The largest absolute Gasteiger partial charge is 0.382 e. The monoisotopic (exact) mass is 332 g/mol. The zero-order chi connectivity index (χ0) is 17.4. The number of benzene rings is 1. The number of hydrogen-bond donors (Lipinski definition) is 2. The molecule has 1 saturated heterocycles. The lowest BCUT2D eigenvalue weighted by Crippen LogP contribution is -2.54. The molecule has 1 heterocycles. The van der Waals surface area contributed by atoms with Gasteiger partial charge in [0.15, 0.2) is 0 Å². The molecule has 6 nitrogen and oxygen atoms in total. The molecule has 0 spiro atoms. The van der Waals surface area contributed by atoms with Gasteiger partial charge >= 0.3 is 0 Å². The van der Waals surface area contributed by atoms with Crippen LogP contribution in [0.2, 0.25) is 0 Å².